The average molecular weight is 372 g/mol. The molecule has 3 rings (SSSR count). The Kier molecular flexibility index (Phi) is 5.52. The number of nitro groups is 1. The van der Waals surface area contributed by atoms with Crippen LogP contribution in [0.5, 0.6) is 5.75 Å². The van der Waals surface area contributed by atoms with Gasteiger partial charge in [-0.1, -0.05) is 6.07 Å². The fourth-order valence-corrected chi connectivity index (χ4v) is 3.14. The summed E-state index contributed by atoms with van der Waals surface area (Å²) in [6.07, 6.45) is 0. The van der Waals surface area contributed by atoms with Crippen LogP contribution in [0.1, 0.15) is 0 Å². The number of nitrogens with one attached hydrogen (secondary N) is 1. The first-order valence-electron chi connectivity index (χ1n) is 8.26. The molecule has 1 N–H and O–H groups in total. The van der Waals surface area contributed by atoms with E-state index in [1.54, 1.807) is 19.2 Å². The van der Waals surface area contributed by atoms with Crippen molar-refractivity contribution in [2.75, 3.05) is 43.5 Å². The minimum absolute atomic E-state index is 0.0633. The van der Waals surface area contributed by atoms with Gasteiger partial charge in [-0.25, -0.2) is 0 Å². The maximum Gasteiger partial charge on any atom is 0.269 e. The minimum Gasteiger partial charge on any atom is -0.497 e. The van der Waals surface area contributed by atoms with Crippen molar-refractivity contribution in [1.82, 2.24) is 4.90 Å². The molecule has 2 aromatic rings. The van der Waals surface area contributed by atoms with E-state index < -0.39 is 4.92 Å². The van der Waals surface area contributed by atoms with Crippen LogP contribution in [0.3, 0.4) is 0 Å². The van der Waals surface area contributed by atoms with Crippen LogP contribution in [0.4, 0.5) is 17.1 Å². The molecule has 8 heteroatoms. The number of hydrogen-bond acceptors (Lipinski definition) is 5. The fourth-order valence-electron chi connectivity index (χ4n) is 2.84. The number of non-ortho nitro benzene ring substituents is 1. The molecule has 0 saturated carbocycles. The third kappa shape index (κ3) is 4.20. The number of nitro benzene ring substituents is 1. The number of hydrogen-bond donors (Lipinski definition) is 1. The standard InChI is InChI=1S/C18H20N4O3S/c1-25-17-4-2-3-16(13-17)20-9-11-21(12-10-20)18(26)19-14-5-7-15(8-6-14)22(23)24/h2-8,13H,9-12H2,1H3,(H,19,26). The molecule has 1 saturated heterocycles. The predicted molar refractivity (Wildman–Crippen MR) is 106 cm³/mol. The summed E-state index contributed by atoms with van der Waals surface area (Å²) >= 11 is 5.48. The van der Waals surface area contributed by atoms with Gasteiger partial charge in [-0.15, -0.1) is 0 Å². The molecule has 1 aliphatic heterocycles. The molecule has 7 nitrogen and oxygen atoms in total. The van der Waals surface area contributed by atoms with Crippen LogP contribution < -0.4 is 15.0 Å². The number of anilines is 2. The van der Waals surface area contributed by atoms with Crippen molar-refractivity contribution < 1.29 is 9.66 Å². The van der Waals surface area contributed by atoms with Gasteiger partial charge in [0.05, 0.1) is 12.0 Å². The smallest absolute Gasteiger partial charge is 0.269 e. The monoisotopic (exact) mass is 372 g/mol. The van der Waals surface area contributed by atoms with Gasteiger partial charge in [0.2, 0.25) is 0 Å². The molecular weight excluding hydrogens is 352 g/mol. The lowest BCUT2D eigenvalue weighted by molar-refractivity contribution is -0.384. The third-order valence-corrected chi connectivity index (χ3v) is 4.68. The van der Waals surface area contributed by atoms with E-state index in [4.69, 9.17) is 17.0 Å². The molecule has 0 amide bonds. The zero-order chi connectivity index (χ0) is 18.5. The second-order valence-electron chi connectivity index (χ2n) is 5.91. The Morgan fingerprint density at radius 2 is 1.85 bits per heavy atom. The quantitative estimate of drug-likeness (QED) is 0.502. The van der Waals surface area contributed by atoms with E-state index in [2.05, 4.69) is 21.2 Å². The van der Waals surface area contributed by atoms with E-state index in [9.17, 15) is 10.1 Å². The number of nitrogens with zero attached hydrogens (tertiary/aromatic N) is 3. The van der Waals surface area contributed by atoms with Crippen molar-refractivity contribution in [3.05, 3.63) is 58.6 Å². The van der Waals surface area contributed by atoms with Crippen LogP contribution in [0.15, 0.2) is 48.5 Å². The molecule has 136 valence electrons. The minimum atomic E-state index is -0.417. The molecule has 0 radical (unpaired) electrons. The van der Waals surface area contributed by atoms with Crippen LogP contribution >= 0.6 is 12.2 Å². The molecule has 1 fully saturated rings. The maximum absolute atomic E-state index is 10.7. The van der Waals surface area contributed by atoms with Crippen molar-refractivity contribution in [3.63, 3.8) is 0 Å². The second-order valence-corrected chi connectivity index (χ2v) is 6.30. The number of thiocarbonyl (C=S) groups is 1. The highest BCUT2D eigenvalue weighted by molar-refractivity contribution is 7.80. The highest BCUT2D eigenvalue weighted by Crippen LogP contribution is 2.22. The largest absolute Gasteiger partial charge is 0.497 e. The number of ether oxygens (including phenoxy) is 1. The van der Waals surface area contributed by atoms with E-state index in [0.717, 1.165) is 43.3 Å². The van der Waals surface area contributed by atoms with E-state index >= 15 is 0 Å². The van der Waals surface area contributed by atoms with Gasteiger partial charge in [0.15, 0.2) is 5.11 Å². The van der Waals surface area contributed by atoms with Crippen LogP contribution in [-0.4, -0.2) is 48.2 Å². The Labute approximate surface area is 157 Å². The first kappa shape index (κ1) is 17.9. The lowest BCUT2D eigenvalue weighted by atomic mass is 10.2. The summed E-state index contributed by atoms with van der Waals surface area (Å²) in [5.41, 5.74) is 1.95. The Bertz CT molecular complexity index is 789. The molecule has 0 unspecified atom stereocenters. The molecule has 2 aromatic carbocycles. The average Bonchev–Trinajstić information content (AvgIpc) is 2.68. The highest BCUT2D eigenvalue weighted by Gasteiger charge is 2.19. The van der Waals surface area contributed by atoms with E-state index in [0.29, 0.717) is 5.11 Å². The van der Waals surface area contributed by atoms with Gasteiger partial charge in [0, 0.05) is 55.8 Å². The summed E-state index contributed by atoms with van der Waals surface area (Å²) in [6, 6.07) is 14.3. The lowest BCUT2D eigenvalue weighted by Gasteiger charge is -2.37. The summed E-state index contributed by atoms with van der Waals surface area (Å²) in [4.78, 5) is 14.7. The normalized spacial score (nSPS) is 14.0. The van der Waals surface area contributed by atoms with Crippen molar-refractivity contribution >= 4 is 34.4 Å². The number of benzene rings is 2. The van der Waals surface area contributed by atoms with Crippen LogP contribution in [-0.2, 0) is 0 Å². The SMILES string of the molecule is COc1cccc(N2CCN(C(=S)Nc3ccc([N+](=O)[O-])cc3)CC2)c1. The molecule has 1 heterocycles. The van der Waals surface area contributed by atoms with Crippen molar-refractivity contribution in [2.24, 2.45) is 0 Å². The molecule has 0 spiro atoms. The summed E-state index contributed by atoms with van der Waals surface area (Å²) in [6.45, 7) is 3.32. The lowest BCUT2D eigenvalue weighted by Crippen LogP contribution is -2.50. The Morgan fingerprint density at radius 3 is 2.46 bits per heavy atom. The van der Waals surface area contributed by atoms with E-state index in [-0.39, 0.29) is 5.69 Å². The molecule has 0 atom stereocenters. The van der Waals surface area contributed by atoms with Gasteiger partial charge in [-0.2, -0.15) is 0 Å². The van der Waals surface area contributed by atoms with Gasteiger partial charge < -0.3 is 19.9 Å². The summed E-state index contributed by atoms with van der Waals surface area (Å²) < 4.78 is 5.28. The second kappa shape index (κ2) is 8.01. The number of methoxy groups -OCH3 is 1. The van der Waals surface area contributed by atoms with Crippen molar-refractivity contribution in [2.45, 2.75) is 0 Å². The zero-order valence-corrected chi connectivity index (χ0v) is 15.2. The highest BCUT2D eigenvalue weighted by atomic mass is 32.1. The van der Waals surface area contributed by atoms with Crippen molar-refractivity contribution in [1.29, 1.82) is 0 Å². The topological polar surface area (TPSA) is 70.9 Å². The number of piperazine rings is 1. The third-order valence-electron chi connectivity index (χ3n) is 4.31. The Hall–Kier alpha value is -2.87. The first-order valence-corrected chi connectivity index (χ1v) is 8.67. The van der Waals surface area contributed by atoms with Crippen LogP contribution in [0.25, 0.3) is 0 Å². The van der Waals surface area contributed by atoms with Gasteiger partial charge in [0.1, 0.15) is 5.75 Å². The van der Waals surface area contributed by atoms with E-state index in [1.165, 1.54) is 12.1 Å². The van der Waals surface area contributed by atoms with Gasteiger partial charge in [0.25, 0.3) is 5.69 Å². The summed E-state index contributed by atoms with van der Waals surface area (Å²) in [7, 11) is 1.67. The molecular formula is C18H20N4O3S. The first-order chi connectivity index (χ1) is 12.6. The Morgan fingerprint density at radius 1 is 1.15 bits per heavy atom. The molecule has 0 bridgehead atoms. The summed E-state index contributed by atoms with van der Waals surface area (Å²) in [5.74, 6) is 0.847. The van der Waals surface area contributed by atoms with Crippen LogP contribution in [0.2, 0.25) is 0 Å². The van der Waals surface area contributed by atoms with Crippen molar-refractivity contribution in [3.8, 4) is 5.75 Å². The molecule has 0 aliphatic carbocycles. The number of rotatable bonds is 4. The van der Waals surface area contributed by atoms with Gasteiger partial charge in [-0.05, 0) is 36.5 Å². The predicted octanol–water partition coefficient (Wildman–Crippen LogP) is 3.12. The van der Waals surface area contributed by atoms with Gasteiger partial charge in [-0.3, -0.25) is 10.1 Å². The summed E-state index contributed by atoms with van der Waals surface area (Å²) in [5, 5.41) is 14.5. The maximum atomic E-state index is 10.7. The zero-order valence-electron chi connectivity index (χ0n) is 14.4. The fraction of sp³-hybridized carbons (Fsp3) is 0.278. The Balaban J connectivity index is 1.55. The molecule has 1 aliphatic rings. The van der Waals surface area contributed by atoms with Crippen LogP contribution in [0, 0.1) is 10.1 Å². The van der Waals surface area contributed by atoms with E-state index in [1.807, 2.05) is 18.2 Å². The molecule has 0 aromatic heterocycles. The molecule has 26 heavy (non-hydrogen) atoms. The van der Waals surface area contributed by atoms with Gasteiger partial charge >= 0.3 is 0 Å².